The molecule has 0 saturated heterocycles. The van der Waals surface area contributed by atoms with E-state index in [1.165, 1.54) is 11.8 Å². The first-order valence-electron chi connectivity index (χ1n) is 5.60. The zero-order valence-electron chi connectivity index (χ0n) is 10.4. The van der Waals surface area contributed by atoms with Crippen molar-refractivity contribution in [3.8, 4) is 0 Å². The Bertz CT molecular complexity index is 417. The maximum absolute atomic E-state index is 11.4. The monoisotopic (exact) mass is 255 g/mol. The number of imide groups is 1. The Morgan fingerprint density at radius 3 is 2.94 bits per heavy atom. The molecule has 1 atom stereocenters. The first-order valence-corrected chi connectivity index (χ1v) is 5.60. The normalized spacial score (nSPS) is 11.9. The number of carbonyl (C=O) groups excluding carboxylic acids is 2. The Morgan fingerprint density at radius 2 is 2.33 bits per heavy atom. The van der Waals surface area contributed by atoms with Crippen LogP contribution in [0.4, 0.5) is 4.79 Å². The van der Waals surface area contributed by atoms with Crippen molar-refractivity contribution in [2.75, 3.05) is 7.11 Å². The topological polar surface area (TPSA) is 112 Å². The van der Waals surface area contributed by atoms with E-state index < -0.39 is 12.0 Å². The van der Waals surface area contributed by atoms with E-state index in [1.54, 1.807) is 6.20 Å². The van der Waals surface area contributed by atoms with Crippen LogP contribution in [0, 0.1) is 0 Å². The van der Waals surface area contributed by atoms with Crippen LogP contribution in [0.1, 0.15) is 31.5 Å². The summed E-state index contributed by atoms with van der Waals surface area (Å²) in [5.74, 6) is -0.526. The lowest BCUT2D eigenvalue weighted by Crippen LogP contribution is -2.33. The molecule has 100 valence electrons. The minimum atomic E-state index is -0.803. The van der Waals surface area contributed by atoms with Crippen LogP contribution in [0.5, 0.6) is 0 Å². The number of aromatic nitrogens is 3. The summed E-state index contributed by atoms with van der Waals surface area (Å²) in [5, 5.41) is 9.67. The molecular weight excluding hydrogens is 238 g/mol. The molecule has 1 unspecified atom stereocenters. The Hall–Kier alpha value is -1.96. The van der Waals surface area contributed by atoms with Crippen LogP contribution in [-0.2, 0) is 16.1 Å². The summed E-state index contributed by atoms with van der Waals surface area (Å²) in [7, 11) is 1.18. The molecule has 1 heterocycles. The molecule has 1 aromatic rings. The first-order chi connectivity index (χ1) is 8.56. The summed E-state index contributed by atoms with van der Waals surface area (Å²) in [6.07, 6.45) is 2.53. The lowest BCUT2D eigenvalue weighted by Gasteiger charge is -2.04. The van der Waals surface area contributed by atoms with Crippen LogP contribution in [-0.4, -0.2) is 34.1 Å². The van der Waals surface area contributed by atoms with E-state index in [9.17, 15) is 9.59 Å². The van der Waals surface area contributed by atoms with Gasteiger partial charge in [0.15, 0.2) is 0 Å². The Balaban J connectivity index is 2.53. The van der Waals surface area contributed by atoms with Gasteiger partial charge in [0, 0.05) is 0 Å². The standard InChI is InChI=1S/C10H17N5O3/c1-3-4-7(11)8-5-15(14-13-8)6-9(16)12-10(17)18-2/h5,7H,3-4,6,11H2,1-2H3,(H,12,16,17). The molecular formula is C10H17N5O3. The molecule has 0 aliphatic carbocycles. The molecule has 18 heavy (non-hydrogen) atoms. The van der Waals surface area contributed by atoms with Crippen molar-refractivity contribution in [3.05, 3.63) is 11.9 Å². The fraction of sp³-hybridized carbons (Fsp3) is 0.600. The van der Waals surface area contributed by atoms with Crippen molar-refractivity contribution < 1.29 is 14.3 Å². The summed E-state index contributed by atoms with van der Waals surface area (Å²) in [6.45, 7) is 1.91. The highest BCUT2D eigenvalue weighted by Gasteiger charge is 2.12. The smallest absolute Gasteiger partial charge is 0.413 e. The highest BCUT2D eigenvalue weighted by atomic mass is 16.5. The molecule has 0 aliphatic heterocycles. The molecule has 1 aromatic heterocycles. The molecule has 0 spiro atoms. The maximum Gasteiger partial charge on any atom is 0.413 e. The zero-order valence-corrected chi connectivity index (χ0v) is 10.4. The van der Waals surface area contributed by atoms with E-state index in [0.717, 1.165) is 12.8 Å². The highest BCUT2D eigenvalue weighted by Crippen LogP contribution is 2.11. The first kappa shape index (κ1) is 14.1. The third-order valence-corrected chi connectivity index (χ3v) is 2.27. The highest BCUT2D eigenvalue weighted by molar-refractivity contribution is 5.91. The van der Waals surface area contributed by atoms with Gasteiger partial charge in [0.05, 0.1) is 25.0 Å². The predicted octanol–water partition coefficient (Wildman–Crippen LogP) is -0.0394. The lowest BCUT2D eigenvalue weighted by atomic mass is 10.1. The van der Waals surface area contributed by atoms with Gasteiger partial charge in [-0.25, -0.2) is 9.48 Å². The van der Waals surface area contributed by atoms with Crippen molar-refractivity contribution in [3.63, 3.8) is 0 Å². The van der Waals surface area contributed by atoms with Gasteiger partial charge in [-0.1, -0.05) is 18.6 Å². The van der Waals surface area contributed by atoms with Gasteiger partial charge < -0.3 is 10.5 Å². The molecule has 0 radical (unpaired) electrons. The van der Waals surface area contributed by atoms with Crippen LogP contribution in [0.3, 0.4) is 0 Å². The van der Waals surface area contributed by atoms with Crippen molar-refractivity contribution in [2.45, 2.75) is 32.4 Å². The van der Waals surface area contributed by atoms with Gasteiger partial charge >= 0.3 is 6.09 Å². The van der Waals surface area contributed by atoms with E-state index in [2.05, 4.69) is 15.0 Å². The molecule has 8 nitrogen and oxygen atoms in total. The van der Waals surface area contributed by atoms with Crippen LogP contribution < -0.4 is 11.1 Å². The molecule has 3 N–H and O–H groups in total. The molecule has 8 heteroatoms. The molecule has 1 rings (SSSR count). The third kappa shape index (κ3) is 4.13. The molecule has 0 aliphatic rings. The molecule has 0 aromatic carbocycles. The molecule has 0 saturated carbocycles. The van der Waals surface area contributed by atoms with Gasteiger partial charge in [0.2, 0.25) is 0 Å². The maximum atomic E-state index is 11.4. The number of hydrogen-bond acceptors (Lipinski definition) is 6. The number of rotatable bonds is 5. The Labute approximate surface area is 104 Å². The van der Waals surface area contributed by atoms with Crippen LogP contribution in [0.25, 0.3) is 0 Å². The van der Waals surface area contributed by atoms with E-state index >= 15 is 0 Å². The van der Waals surface area contributed by atoms with Gasteiger partial charge in [0.1, 0.15) is 6.54 Å². The minimum Gasteiger partial charge on any atom is -0.453 e. The van der Waals surface area contributed by atoms with Gasteiger partial charge in [-0.3, -0.25) is 10.1 Å². The van der Waals surface area contributed by atoms with Crippen LogP contribution in [0.15, 0.2) is 6.20 Å². The number of nitrogens with zero attached hydrogens (tertiary/aromatic N) is 3. The van der Waals surface area contributed by atoms with E-state index in [1.807, 2.05) is 12.2 Å². The minimum absolute atomic E-state index is 0.110. The summed E-state index contributed by atoms with van der Waals surface area (Å²) in [5.41, 5.74) is 6.49. The van der Waals surface area contributed by atoms with E-state index in [4.69, 9.17) is 5.73 Å². The number of nitrogens with one attached hydrogen (secondary N) is 1. The number of nitrogens with two attached hydrogens (primary N) is 1. The average Bonchev–Trinajstić information content (AvgIpc) is 2.77. The summed E-state index contributed by atoms with van der Waals surface area (Å²) in [4.78, 5) is 22.1. The van der Waals surface area contributed by atoms with Crippen LogP contribution in [0.2, 0.25) is 0 Å². The second-order valence-corrected chi connectivity index (χ2v) is 3.78. The van der Waals surface area contributed by atoms with Crippen molar-refractivity contribution >= 4 is 12.0 Å². The number of carbonyl (C=O) groups is 2. The Kier molecular flexibility index (Phi) is 5.25. The third-order valence-electron chi connectivity index (χ3n) is 2.27. The van der Waals surface area contributed by atoms with Gasteiger partial charge in [-0.15, -0.1) is 5.10 Å². The predicted molar refractivity (Wildman–Crippen MR) is 62.4 cm³/mol. The number of ether oxygens (including phenoxy) is 1. The quantitative estimate of drug-likeness (QED) is 0.763. The van der Waals surface area contributed by atoms with Crippen molar-refractivity contribution in [1.29, 1.82) is 0 Å². The van der Waals surface area contributed by atoms with Crippen LogP contribution >= 0.6 is 0 Å². The van der Waals surface area contributed by atoms with Crippen molar-refractivity contribution in [2.24, 2.45) is 5.73 Å². The van der Waals surface area contributed by atoms with Gasteiger partial charge in [-0.2, -0.15) is 0 Å². The number of amides is 2. The van der Waals surface area contributed by atoms with E-state index in [-0.39, 0.29) is 12.6 Å². The second-order valence-electron chi connectivity index (χ2n) is 3.78. The fourth-order valence-electron chi connectivity index (χ4n) is 1.37. The Morgan fingerprint density at radius 1 is 1.61 bits per heavy atom. The number of hydrogen-bond donors (Lipinski definition) is 2. The van der Waals surface area contributed by atoms with Gasteiger partial charge in [-0.05, 0) is 6.42 Å². The molecule has 0 bridgehead atoms. The summed E-state index contributed by atoms with van der Waals surface area (Å²) in [6, 6.07) is -0.188. The number of alkyl carbamates (subject to hydrolysis) is 1. The SMILES string of the molecule is CCCC(N)c1cn(CC(=O)NC(=O)OC)nn1. The molecule has 2 amide bonds. The summed E-state index contributed by atoms with van der Waals surface area (Å²) >= 11 is 0. The summed E-state index contributed by atoms with van der Waals surface area (Å²) < 4.78 is 5.62. The zero-order chi connectivity index (χ0) is 13.5. The second kappa shape index (κ2) is 6.70. The van der Waals surface area contributed by atoms with Gasteiger partial charge in [0.25, 0.3) is 5.91 Å². The fourth-order valence-corrected chi connectivity index (χ4v) is 1.37. The average molecular weight is 255 g/mol. The molecule has 0 fully saturated rings. The van der Waals surface area contributed by atoms with E-state index in [0.29, 0.717) is 5.69 Å². The van der Waals surface area contributed by atoms with Crippen molar-refractivity contribution in [1.82, 2.24) is 20.3 Å². The largest absolute Gasteiger partial charge is 0.453 e. The lowest BCUT2D eigenvalue weighted by molar-refractivity contribution is -0.121. The number of methoxy groups -OCH3 is 1.